The van der Waals surface area contributed by atoms with E-state index >= 15 is 0 Å². The molecule has 0 spiro atoms. The van der Waals surface area contributed by atoms with E-state index in [-0.39, 0.29) is 49.5 Å². The molecule has 0 aliphatic carbocycles. The van der Waals surface area contributed by atoms with E-state index in [0.717, 1.165) is 19.3 Å². The van der Waals surface area contributed by atoms with Crippen LogP contribution in [0.5, 0.6) is 0 Å². The van der Waals surface area contributed by atoms with Gasteiger partial charge in [0.15, 0.2) is 0 Å². The standard InChI is InChI=1S/C19H32O5.C8H10O3.C8H14O2/c1-6-8-9-17(7-2)14-16(5)19(21)24-13-11-22-10-12-23-18(20)15(3)4;1-5(2)7(9)11-8(10)6(3)4;1-6(2)5-10-8(9)7(3)4/h17H,3,5-14H2,1-2,4H3;1,3H2,2,4H3;6H,3,5H2,1-2,4H3. The fourth-order valence-electron chi connectivity index (χ4n) is 2.71. The first-order valence-corrected chi connectivity index (χ1v) is 15.1. The third kappa shape index (κ3) is 28.7. The Hall–Kier alpha value is -3.79. The molecule has 0 radical (unpaired) electrons. The molecule has 0 aliphatic rings. The van der Waals surface area contributed by atoms with E-state index < -0.39 is 17.9 Å². The maximum Gasteiger partial charge on any atom is 0.340 e. The van der Waals surface area contributed by atoms with Crippen molar-refractivity contribution in [1.82, 2.24) is 0 Å². The highest BCUT2D eigenvalue weighted by atomic mass is 16.6. The summed E-state index contributed by atoms with van der Waals surface area (Å²) in [7, 11) is 0. The Morgan fingerprint density at radius 3 is 1.40 bits per heavy atom. The number of carbonyl (C=O) groups is 5. The van der Waals surface area contributed by atoms with Gasteiger partial charge in [-0.2, -0.15) is 0 Å². The quantitative estimate of drug-likeness (QED) is 0.0490. The van der Waals surface area contributed by atoms with Crippen molar-refractivity contribution >= 4 is 29.8 Å². The molecule has 0 N–H and O–H groups in total. The molecule has 0 aliphatic heterocycles. The number of unbranched alkanes of at least 4 members (excludes halogenated alkanes) is 1. The van der Waals surface area contributed by atoms with Gasteiger partial charge in [0, 0.05) is 27.9 Å². The molecule has 0 aromatic rings. The molecule has 0 bridgehead atoms. The van der Waals surface area contributed by atoms with Crippen LogP contribution in [0.2, 0.25) is 0 Å². The van der Waals surface area contributed by atoms with Crippen LogP contribution in [0, 0.1) is 11.8 Å². The predicted octanol–water partition coefficient (Wildman–Crippen LogP) is 6.80. The highest BCUT2D eigenvalue weighted by Gasteiger charge is 2.14. The molecule has 45 heavy (non-hydrogen) atoms. The summed E-state index contributed by atoms with van der Waals surface area (Å²) in [6.45, 7) is 33.1. The topological polar surface area (TPSA) is 132 Å². The number of carbonyl (C=O) groups excluding carboxylic acids is 5. The van der Waals surface area contributed by atoms with Gasteiger partial charge in [-0.05, 0) is 46.0 Å². The molecule has 0 fully saturated rings. The lowest BCUT2D eigenvalue weighted by molar-refractivity contribution is -0.154. The average molecular weight is 637 g/mol. The second-order valence-electron chi connectivity index (χ2n) is 10.9. The summed E-state index contributed by atoms with van der Waals surface area (Å²) in [5, 5.41) is 0. The largest absolute Gasteiger partial charge is 0.462 e. The summed E-state index contributed by atoms with van der Waals surface area (Å²) in [5.74, 6) is -1.63. The van der Waals surface area contributed by atoms with Crippen molar-refractivity contribution in [2.24, 2.45) is 11.8 Å². The lowest BCUT2D eigenvalue weighted by Gasteiger charge is -2.15. The molecule has 0 aromatic heterocycles. The SMILES string of the molecule is C=C(C)C(=O)OC(=O)C(=C)C.C=C(C)C(=O)OCC(C)C.C=C(C)C(=O)OCCOCCOC(=O)C(=C)CC(CC)CCCC. The van der Waals surface area contributed by atoms with Crippen LogP contribution in [-0.4, -0.2) is 62.9 Å². The van der Waals surface area contributed by atoms with Crippen molar-refractivity contribution in [3.05, 3.63) is 60.8 Å². The second-order valence-corrected chi connectivity index (χ2v) is 10.9. The summed E-state index contributed by atoms with van der Waals surface area (Å²) in [6, 6.07) is 0. The van der Waals surface area contributed by atoms with Gasteiger partial charge in [-0.15, -0.1) is 0 Å². The highest BCUT2D eigenvalue weighted by molar-refractivity contribution is 6.00. The van der Waals surface area contributed by atoms with Crippen molar-refractivity contribution in [2.45, 2.75) is 87.5 Å². The van der Waals surface area contributed by atoms with Gasteiger partial charge in [0.2, 0.25) is 0 Å². The zero-order chi connectivity index (χ0) is 35.5. The third-order valence-corrected chi connectivity index (χ3v) is 5.42. The maximum atomic E-state index is 11.9. The minimum atomic E-state index is -0.710. The van der Waals surface area contributed by atoms with Crippen molar-refractivity contribution < 1.29 is 47.7 Å². The van der Waals surface area contributed by atoms with E-state index in [1.54, 1.807) is 13.8 Å². The molecule has 1 unspecified atom stereocenters. The monoisotopic (exact) mass is 636 g/mol. The summed E-state index contributed by atoms with van der Waals surface area (Å²) in [5.41, 5.74) is 1.72. The molecule has 10 heteroatoms. The van der Waals surface area contributed by atoms with Crippen molar-refractivity contribution in [2.75, 3.05) is 33.0 Å². The van der Waals surface area contributed by atoms with Gasteiger partial charge in [-0.25, -0.2) is 24.0 Å². The smallest absolute Gasteiger partial charge is 0.340 e. The zero-order valence-corrected chi connectivity index (χ0v) is 28.8. The van der Waals surface area contributed by atoms with Crippen LogP contribution in [0.15, 0.2) is 60.8 Å². The van der Waals surface area contributed by atoms with Crippen molar-refractivity contribution in [1.29, 1.82) is 0 Å². The van der Waals surface area contributed by atoms with Crippen molar-refractivity contribution in [3.8, 4) is 0 Å². The first-order valence-electron chi connectivity index (χ1n) is 15.1. The molecule has 10 nitrogen and oxygen atoms in total. The highest BCUT2D eigenvalue weighted by Crippen LogP contribution is 2.21. The van der Waals surface area contributed by atoms with Gasteiger partial charge in [0.05, 0.1) is 19.8 Å². The van der Waals surface area contributed by atoms with Crippen molar-refractivity contribution in [3.63, 3.8) is 0 Å². The molecule has 0 saturated carbocycles. The zero-order valence-electron chi connectivity index (χ0n) is 28.8. The first kappa shape index (κ1) is 45.6. The van der Waals surface area contributed by atoms with Crippen LogP contribution < -0.4 is 0 Å². The number of esters is 5. The van der Waals surface area contributed by atoms with Crippen LogP contribution in [-0.2, 0) is 47.7 Å². The van der Waals surface area contributed by atoms with E-state index in [2.05, 4.69) is 51.5 Å². The average Bonchev–Trinajstić information content (AvgIpc) is 2.97. The Kier molecular flexibility index (Phi) is 28.1. The molecule has 0 heterocycles. The Bertz CT molecular complexity index is 995. The lowest BCUT2D eigenvalue weighted by Crippen LogP contribution is -2.16. The summed E-state index contributed by atoms with van der Waals surface area (Å²) in [6.07, 6.45) is 5.17. The second kappa shape index (κ2) is 27.7. The van der Waals surface area contributed by atoms with E-state index in [1.165, 1.54) is 20.3 Å². The Balaban J connectivity index is -0.000000692. The molecular weight excluding hydrogens is 580 g/mol. The molecule has 0 saturated heterocycles. The van der Waals surface area contributed by atoms with Gasteiger partial charge in [-0.3, -0.25) is 0 Å². The van der Waals surface area contributed by atoms with Gasteiger partial charge in [-0.1, -0.05) is 86.3 Å². The lowest BCUT2D eigenvalue weighted by atomic mass is 9.92. The van der Waals surface area contributed by atoms with Gasteiger partial charge in [0.25, 0.3) is 0 Å². The molecule has 0 rings (SSSR count). The molecule has 0 aromatic carbocycles. The number of rotatable bonds is 19. The van der Waals surface area contributed by atoms with Gasteiger partial charge >= 0.3 is 29.8 Å². The van der Waals surface area contributed by atoms with Crippen LogP contribution in [0.25, 0.3) is 0 Å². The summed E-state index contributed by atoms with van der Waals surface area (Å²) in [4.78, 5) is 55.1. The van der Waals surface area contributed by atoms with Crippen LogP contribution in [0.4, 0.5) is 0 Å². The number of hydrogen-bond acceptors (Lipinski definition) is 10. The van der Waals surface area contributed by atoms with E-state index in [4.69, 9.17) is 18.9 Å². The molecule has 0 amide bonds. The minimum Gasteiger partial charge on any atom is -0.462 e. The Morgan fingerprint density at radius 1 is 0.600 bits per heavy atom. The number of ether oxygens (including phenoxy) is 5. The number of hydrogen-bond donors (Lipinski definition) is 0. The fourth-order valence-corrected chi connectivity index (χ4v) is 2.71. The summed E-state index contributed by atoms with van der Waals surface area (Å²) < 4.78 is 24.4. The molecule has 1 atom stereocenters. The van der Waals surface area contributed by atoms with E-state index in [0.29, 0.717) is 41.6 Å². The summed E-state index contributed by atoms with van der Waals surface area (Å²) >= 11 is 0. The van der Waals surface area contributed by atoms with Crippen LogP contribution in [0.3, 0.4) is 0 Å². The van der Waals surface area contributed by atoms with Crippen LogP contribution in [0.1, 0.15) is 87.5 Å². The van der Waals surface area contributed by atoms with Gasteiger partial charge < -0.3 is 23.7 Å². The van der Waals surface area contributed by atoms with Gasteiger partial charge in [0.1, 0.15) is 13.2 Å². The van der Waals surface area contributed by atoms with Crippen LogP contribution >= 0.6 is 0 Å². The maximum absolute atomic E-state index is 11.9. The minimum absolute atomic E-state index is 0.155. The predicted molar refractivity (Wildman–Crippen MR) is 176 cm³/mol. The molecular formula is C35H56O10. The third-order valence-electron chi connectivity index (χ3n) is 5.42. The Morgan fingerprint density at radius 2 is 1.02 bits per heavy atom. The Labute approximate surface area is 270 Å². The fraction of sp³-hybridized carbons (Fsp3) is 0.571. The van der Waals surface area contributed by atoms with E-state index in [1.807, 2.05) is 13.8 Å². The van der Waals surface area contributed by atoms with E-state index in [9.17, 15) is 24.0 Å². The first-order chi connectivity index (χ1) is 20.9. The normalized spacial score (nSPS) is 10.4. The molecule has 256 valence electrons.